The number of benzene rings is 3. The molecule has 2 atom stereocenters. The summed E-state index contributed by atoms with van der Waals surface area (Å²) in [6, 6.07) is 8.37. The van der Waals surface area contributed by atoms with E-state index in [0.29, 0.717) is 21.8 Å². The van der Waals surface area contributed by atoms with Crippen LogP contribution in [0.1, 0.15) is 87.0 Å². The maximum Gasteiger partial charge on any atom is 0.363 e. The molecular weight excluding hydrogens is 691 g/mol. The number of imide groups is 1. The summed E-state index contributed by atoms with van der Waals surface area (Å²) < 4.78 is 84.5. The number of hydroxylamine groups is 2. The van der Waals surface area contributed by atoms with Crippen molar-refractivity contribution in [1.29, 1.82) is 0 Å². The molecule has 0 radical (unpaired) electrons. The first-order valence-corrected chi connectivity index (χ1v) is 18.6. The number of nitrogens with one attached hydrogen (secondary N) is 2. The molecule has 3 aromatic rings. The minimum Gasteiger partial charge on any atom is -0.744 e. The highest BCUT2D eigenvalue weighted by Crippen LogP contribution is 2.52. The van der Waals surface area contributed by atoms with E-state index in [2.05, 4.69) is 10.3 Å². The largest absolute Gasteiger partial charge is 0.744 e. The number of carbonyl (C=O) groups is 3. The number of amides is 2. The summed E-state index contributed by atoms with van der Waals surface area (Å²) in [5.41, 5.74) is 0.309. The molecule has 2 N–H and O–H groups in total. The van der Waals surface area contributed by atoms with Crippen molar-refractivity contribution in [3.63, 3.8) is 0 Å². The molecule has 0 bridgehead atoms. The van der Waals surface area contributed by atoms with Crippen LogP contribution in [0, 0.1) is 0 Å². The molecule has 0 spiro atoms. The maximum absolute atomic E-state index is 13.1. The lowest BCUT2D eigenvalue weighted by Gasteiger charge is -2.29. The molecule has 3 aromatic carbocycles. The fourth-order valence-electron chi connectivity index (χ4n) is 7.02. The summed E-state index contributed by atoms with van der Waals surface area (Å²) in [4.78, 5) is 43.6. The Morgan fingerprint density at radius 1 is 0.900 bits per heavy atom. The molecule has 2 unspecified atom stereocenters. The Balaban J connectivity index is 1.56. The second-order valence-corrected chi connectivity index (χ2v) is 16.7. The highest BCUT2D eigenvalue weighted by molar-refractivity contribution is 7.86. The number of rotatable bonds is 5. The number of carbonyl (C=O) groups excluding carboxylic acids is 3. The van der Waals surface area contributed by atoms with E-state index in [9.17, 15) is 40.3 Å². The van der Waals surface area contributed by atoms with Crippen molar-refractivity contribution in [1.82, 2.24) is 5.06 Å². The van der Waals surface area contributed by atoms with Gasteiger partial charge in [-0.2, -0.15) is 0 Å². The predicted octanol–water partition coefficient (Wildman–Crippen LogP) is 0.540. The van der Waals surface area contributed by atoms with Gasteiger partial charge >= 0.3 is 5.97 Å². The van der Waals surface area contributed by atoms with E-state index in [4.69, 9.17) is 9.57 Å². The normalized spacial score (nSPS) is 21.4. The Morgan fingerprint density at radius 2 is 1.50 bits per heavy atom. The molecule has 1 saturated heterocycles. The lowest BCUT2D eigenvalue weighted by Crippen LogP contribution is -2.81. The molecule has 7 rings (SSSR count). The molecule has 50 heavy (non-hydrogen) atoms. The third kappa shape index (κ3) is 4.87. The quantitative estimate of drug-likeness (QED) is 0.213. The first kappa shape index (κ1) is 33.8. The van der Waals surface area contributed by atoms with Crippen molar-refractivity contribution in [3.05, 3.63) is 74.8 Å². The third-order valence-corrected chi connectivity index (χ3v) is 12.4. The van der Waals surface area contributed by atoms with Crippen LogP contribution in [0.25, 0.3) is 5.57 Å². The molecule has 1 fully saturated rings. The number of hydrogen-bond acceptors (Lipinski definition) is 12. The fraction of sp³-hybridized carbons (Fsp3) is 0.353. The van der Waals surface area contributed by atoms with E-state index >= 15 is 0 Å². The summed E-state index contributed by atoms with van der Waals surface area (Å²) in [7, 11) is -10.6. The third-order valence-electron chi connectivity index (χ3n) is 10.6. The standard InChI is InChI=1S/C34H33N3O11S2/c1-15-33(3,4)21-13-19-25(17-7-9-18(10-8-17)32(40)48-37-23(38)11-12-24(37)39)20-14-22-27(36-16(2)34(22,5)6)31(50(44,45)46)29(20)47-28(19)30(26(21)35-15)49(41,42)43/h7-10,13-16,35H,11-12H2,1-6H3,(H,41,42,43)(H,44,45,46)/p-1. The summed E-state index contributed by atoms with van der Waals surface area (Å²) in [5, 5.41) is 3.66. The first-order chi connectivity index (χ1) is 23.1. The van der Waals surface area contributed by atoms with Crippen LogP contribution in [0.4, 0.5) is 5.69 Å². The van der Waals surface area contributed by atoms with E-state index in [1.807, 2.05) is 41.5 Å². The molecule has 4 aliphatic heterocycles. The van der Waals surface area contributed by atoms with Crippen LogP contribution in [0.2, 0.25) is 0 Å². The SMILES string of the molecule is CC1Nc2c(cc3c(c2S(=O)(=O)[O-])Oc2c(S(=O)(=O)[O-])c4c(cc2=C3c2ccc(C(=O)ON3C(=O)CCC3=O)cc2)C(C)(C)C(C)[NH+]=4)C1(C)C. The number of nitrogens with zero attached hydrogens (tertiary/aromatic N) is 1. The Morgan fingerprint density at radius 3 is 2.08 bits per heavy atom. The molecule has 0 aliphatic carbocycles. The predicted molar refractivity (Wildman–Crippen MR) is 171 cm³/mol. The molecule has 4 aliphatic rings. The van der Waals surface area contributed by atoms with Gasteiger partial charge in [-0.3, -0.25) is 9.59 Å². The molecule has 2 amide bonds. The van der Waals surface area contributed by atoms with Crippen LogP contribution < -0.4 is 25.6 Å². The van der Waals surface area contributed by atoms with Gasteiger partial charge in [0, 0.05) is 46.2 Å². The van der Waals surface area contributed by atoms with Gasteiger partial charge in [0.15, 0.2) is 22.4 Å². The van der Waals surface area contributed by atoms with Crippen molar-refractivity contribution in [2.24, 2.45) is 0 Å². The summed E-state index contributed by atoms with van der Waals surface area (Å²) in [5.74, 6) is -3.21. The zero-order valence-electron chi connectivity index (χ0n) is 27.8. The summed E-state index contributed by atoms with van der Waals surface area (Å²) in [6.45, 7) is 11.2. The van der Waals surface area contributed by atoms with Gasteiger partial charge in [0.05, 0.1) is 16.7 Å². The van der Waals surface area contributed by atoms with Gasteiger partial charge in [-0.05, 0) is 63.1 Å². The molecule has 4 heterocycles. The molecular formula is C34H32N3O11S2-. The van der Waals surface area contributed by atoms with Crippen molar-refractivity contribution in [2.45, 2.75) is 87.1 Å². The van der Waals surface area contributed by atoms with Crippen molar-refractivity contribution >= 4 is 49.3 Å². The van der Waals surface area contributed by atoms with Gasteiger partial charge in [-0.25, -0.2) is 26.6 Å². The van der Waals surface area contributed by atoms with Crippen LogP contribution in [-0.2, 0) is 45.5 Å². The molecule has 0 aromatic heterocycles. The molecule has 16 heteroatoms. The summed E-state index contributed by atoms with van der Waals surface area (Å²) in [6.07, 6.45) is -0.175. The van der Waals surface area contributed by atoms with Crippen molar-refractivity contribution in [2.75, 3.05) is 5.32 Å². The number of fused-ring (bicyclic) bond motifs is 4. The Kier molecular flexibility index (Phi) is 7.23. The second kappa shape index (κ2) is 10.7. The minimum atomic E-state index is -5.29. The van der Waals surface area contributed by atoms with Crippen LogP contribution in [-0.4, -0.2) is 60.9 Å². The van der Waals surface area contributed by atoms with Crippen LogP contribution in [0.5, 0.6) is 11.5 Å². The Bertz CT molecular complexity index is 2440. The highest BCUT2D eigenvalue weighted by Gasteiger charge is 2.46. The van der Waals surface area contributed by atoms with Crippen molar-refractivity contribution < 1.29 is 54.9 Å². The van der Waals surface area contributed by atoms with Gasteiger partial charge in [-0.1, -0.05) is 26.0 Å². The summed E-state index contributed by atoms with van der Waals surface area (Å²) >= 11 is 0. The van der Waals surface area contributed by atoms with E-state index in [0.717, 1.165) is 0 Å². The van der Waals surface area contributed by atoms with Crippen LogP contribution in [0.3, 0.4) is 0 Å². The Hall–Kier alpha value is -4.64. The van der Waals surface area contributed by atoms with E-state index in [1.165, 1.54) is 24.3 Å². The average Bonchev–Trinajstić information content (AvgIpc) is 3.53. The van der Waals surface area contributed by atoms with Gasteiger partial charge < -0.3 is 24.0 Å². The van der Waals surface area contributed by atoms with Gasteiger partial charge in [0.2, 0.25) is 5.36 Å². The molecule has 0 saturated carbocycles. The zero-order chi connectivity index (χ0) is 36.5. The van der Waals surface area contributed by atoms with Crippen molar-refractivity contribution in [3.8, 4) is 11.5 Å². The second-order valence-electron chi connectivity index (χ2n) is 14.1. The molecule has 262 valence electrons. The minimum absolute atomic E-state index is 0.0173. The van der Waals surface area contributed by atoms with E-state index in [1.54, 1.807) is 12.1 Å². The van der Waals surface area contributed by atoms with Gasteiger partial charge in [0.1, 0.15) is 25.1 Å². The topological polar surface area (TPSA) is 213 Å². The smallest absolute Gasteiger partial charge is 0.363 e. The maximum atomic E-state index is 13.1. The van der Waals surface area contributed by atoms with Crippen LogP contribution in [0.15, 0.2) is 46.2 Å². The Labute approximate surface area is 287 Å². The lowest BCUT2D eigenvalue weighted by atomic mass is 9.78. The fourth-order valence-corrected chi connectivity index (χ4v) is 8.61. The zero-order valence-corrected chi connectivity index (χ0v) is 29.4. The van der Waals surface area contributed by atoms with E-state index in [-0.39, 0.29) is 57.9 Å². The number of anilines is 1. The van der Waals surface area contributed by atoms with Gasteiger partial charge in [0.25, 0.3) is 11.8 Å². The number of ether oxygens (including phenoxy) is 1. The first-order valence-electron chi connectivity index (χ1n) is 15.8. The number of hydrogen-bond donors (Lipinski definition) is 2. The average molecular weight is 723 g/mol. The van der Waals surface area contributed by atoms with E-state index < -0.39 is 70.1 Å². The highest BCUT2D eigenvalue weighted by atomic mass is 32.2. The molecule has 14 nitrogen and oxygen atoms in total. The van der Waals surface area contributed by atoms with Gasteiger partial charge in [-0.15, -0.1) is 5.06 Å². The monoisotopic (exact) mass is 722 g/mol. The lowest BCUT2D eigenvalue weighted by molar-refractivity contribution is -0.539. The van der Waals surface area contributed by atoms with Crippen LogP contribution >= 0.6 is 0 Å².